The maximum absolute atomic E-state index is 5.52. The van der Waals surface area contributed by atoms with Crippen molar-refractivity contribution in [3.05, 3.63) is 48.7 Å². The molecule has 0 amide bonds. The van der Waals surface area contributed by atoms with E-state index in [-0.39, 0.29) is 2.85 Å². The number of aryl methyl sites for hydroxylation is 1. The fourth-order valence-electron chi connectivity index (χ4n) is 1.35. The lowest BCUT2D eigenvalue weighted by atomic mass is 10.1. The average molecular weight is 193 g/mol. The Bertz CT molecular complexity index is 426. The predicted molar refractivity (Wildman–Crippen MR) is 64.3 cm³/mol. The molecule has 0 aliphatic heterocycles. The Hall–Kier alpha value is -1.54. The molecule has 1 aromatic heterocycles. The first-order valence-electron chi connectivity index (χ1n) is 4.49. The van der Waals surface area contributed by atoms with Crippen LogP contribution in [-0.4, -0.2) is 0 Å². The molecule has 0 fully saturated rings. The second-order valence-corrected chi connectivity index (χ2v) is 2.93. The van der Waals surface area contributed by atoms with Crippen LogP contribution in [0.3, 0.4) is 0 Å². The van der Waals surface area contributed by atoms with Gasteiger partial charge in [-0.25, -0.2) is 0 Å². The van der Waals surface area contributed by atoms with E-state index in [1.165, 1.54) is 0 Å². The molecule has 0 atom stereocenters. The quantitative estimate of drug-likeness (QED) is 0.704. The highest BCUT2D eigenvalue weighted by atomic mass is 16.3. The number of hydrogen-bond acceptors (Lipinski definition) is 2. The molecule has 2 aromatic rings. The molecule has 0 radical (unpaired) electrons. The predicted octanol–water partition coefficient (Wildman–Crippen LogP) is 3.49. The Balaban J connectivity index is 0. The third-order valence-electron chi connectivity index (χ3n) is 1.94. The number of rotatable bonds is 1. The van der Waals surface area contributed by atoms with Gasteiger partial charge in [-0.05, 0) is 30.7 Å². The van der Waals surface area contributed by atoms with Crippen molar-refractivity contribution in [3.63, 3.8) is 0 Å². The van der Waals surface area contributed by atoms with Gasteiger partial charge in [0.2, 0.25) is 0 Å². The molecule has 2 heteroatoms. The molecule has 1 heterocycles. The van der Waals surface area contributed by atoms with Crippen molar-refractivity contribution >= 4 is 11.0 Å². The Morgan fingerprint density at radius 1 is 1.36 bits per heavy atom. The monoisotopic (exact) mass is 193 g/mol. The summed E-state index contributed by atoms with van der Waals surface area (Å²) in [6.45, 7) is 8.53. The summed E-state index contributed by atoms with van der Waals surface area (Å²) in [6, 6.07) is 8.04. The summed E-state index contributed by atoms with van der Waals surface area (Å²) < 4.78 is 5.43. The molecule has 2 rings (SSSR count). The summed E-state index contributed by atoms with van der Waals surface area (Å²) >= 11 is 0. The van der Waals surface area contributed by atoms with Crippen LogP contribution in [0.25, 0.3) is 11.0 Å². The largest absolute Gasteiger partial charge is 0.461 e. The van der Waals surface area contributed by atoms with Gasteiger partial charge in [-0.3, -0.25) is 0 Å². The molecule has 2 N–H and O–H groups in total. The molecule has 78 valence electrons. The average Bonchev–Trinajstić information content (AvgIpc) is 2.59. The Morgan fingerprint density at radius 2 is 2.07 bits per heavy atom. The van der Waals surface area contributed by atoms with E-state index < -0.39 is 0 Å². The normalized spacial score (nSPS) is 9.57. The summed E-state index contributed by atoms with van der Waals surface area (Å²) in [5.74, 6) is 0.944. The van der Waals surface area contributed by atoms with Gasteiger partial charge in [-0.2, -0.15) is 0 Å². The van der Waals surface area contributed by atoms with Crippen molar-refractivity contribution in [2.75, 3.05) is 0 Å². The van der Waals surface area contributed by atoms with Gasteiger partial charge in [-0.15, -0.1) is 13.2 Å². The summed E-state index contributed by atoms with van der Waals surface area (Å²) in [5, 5.41) is 1.13. The second-order valence-electron chi connectivity index (χ2n) is 2.93. The highest BCUT2D eigenvalue weighted by Gasteiger charge is 1.99. The summed E-state index contributed by atoms with van der Waals surface area (Å²) in [4.78, 5) is 0. The highest BCUT2D eigenvalue weighted by molar-refractivity contribution is 5.78. The molecule has 0 aliphatic rings. The van der Waals surface area contributed by atoms with E-state index >= 15 is 0 Å². The number of hydrogen-bond donors (Lipinski definition) is 1. The van der Waals surface area contributed by atoms with Gasteiger partial charge in [0.1, 0.15) is 11.3 Å². The lowest BCUT2D eigenvalue weighted by Crippen LogP contribution is -1.94. The molecule has 14 heavy (non-hydrogen) atoms. The van der Waals surface area contributed by atoms with E-state index in [9.17, 15) is 0 Å². The Morgan fingerprint density at radius 3 is 2.71 bits per heavy atom. The molecular formula is C12H19NO. The van der Waals surface area contributed by atoms with Crippen molar-refractivity contribution in [2.24, 2.45) is 5.73 Å². The van der Waals surface area contributed by atoms with Gasteiger partial charge < -0.3 is 10.2 Å². The van der Waals surface area contributed by atoms with Crippen LogP contribution in [-0.2, 0) is 6.54 Å². The fraction of sp³-hybridized carbons (Fsp3) is 0.167. The van der Waals surface area contributed by atoms with Crippen LogP contribution >= 0.6 is 0 Å². The standard InChI is InChI=1S/C10H11NO.C2H4.2H2/c1-7-4-9-5-8(6-11)2-3-10(9)12-7;1-2;;/h2-5H,6,11H2,1H3;1-2H2;2*1H. The van der Waals surface area contributed by atoms with Gasteiger partial charge >= 0.3 is 0 Å². The van der Waals surface area contributed by atoms with E-state index in [2.05, 4.69) is 19.2 Å². The molecule has 0 saturated carbocycles. The molecular weight excluding hydrogens is 174 g/mol. The minimum absolute atomic E-state index is 0. The number of fused-ring (bicyclic) bond motifs is 1. The molecule has 0 aliphatic carbocycles. The van der Waals surface area contributed by atoms with Gasteiger partial charge in [-0.1, -0.05) is 6.07 Å². The van der Waals surface area contributed by atoms with E-state index in [4.69, 9.17) is 10.2 Å². The molecule has 0 saturated heterocycles. The minimum atomic E-state index is 0. The molecule has 1 aromatic carbocycles. The first-order chi connectivity index (χ1) is 6.79. The number of nitrogens with two attached hydrogens (primary N) is 1. The zero-order valence-electron chi connectivity index (χ0n) is 8.42. The van der Waals surface area contributed by atoms with Gasteiger partial charge in [0.25, 0.3) is 0 Å². The topological polar surface area (TPSA) is 39.2 Å². The van der Waals surface area contributed by atoms with Crippen LogP contribution in [0.1, 0.15) is 14.2 Å². The maximum Gasteiger partial charge on any atom is 0.134 e. The number of furan rings is 1. The molecule has 0 unspecified atom stereocenters. The van der Waals surface area contributed by atoms with Crippen LogP contribution in [0.2, 0.25) is 0 Å². The van der Waals surface area contributed by atoms with Crippen molar-refractivity contribution in [3.8, 4) is 0 Å². The van der Waals surface area contributed by atoms with Crippen LogP contribution in [0.15, 0.2) is 41.8 Å². The van der Waals surface area contributed by atoms with Crippen molar-refractivity contribution in [2.45, 2.75) is 13.5 Å². The van der Waals surface area contributed by atoms with E-state index in [1.807, 2.05) is 25.1 Å². The lowest BCUT2D eigenvalue weighted by Gasteiger charge is -1.93. The fourth-order valence-corrected chi connectivity index (χ4v) is 1.35. The first-order valence-corrected chi connectivity index (χ1v) is 4.49. The summed E-state index contributed by atoms with van der Waals surface area (Å²) in [7, 11) is 0. The van der Waals surface area contributed by atoms with Crippen LogP contribution in [0.4, 0.5) is 0 Å². The molecule has 2 nitrogen and oxygen atoms in total. The third kappa shape index (κ3) is 2.03. The van der Waals surface area contributed by atoms with Gasteiger partial charge in [0.05, 0.1) is 0 Å². The van der Waals surface area contributed by atoms with E-state index in [0.717, 1.165) is 22.3 Å². The molecule has 0 bridgehead atoms. The van der Waals surface area contributed by atoms with Crippen molar-refractivity contribution < 1.29 is 7.27 Å². The van der Waals surface area contributed by atoms with Gasteiger partial charge in [0.15, 0.2) is 0 Å². The van der Waals surface area contributed by atoms with E-state index in [0.29, 0.717) is 6.54 Å². The second kappa shape index (κ2) is 4.63. The first kappa shape index (κ1) is 10.5. The number of benzene rings is 1. The molecule has 0 spiro atoms. The highest BCUT2D eigenvalue weighted by Crippen LogP contribution is 2.19. The van der Waals surface area contributed by atoms with Crippen LogP contribution < -0.4 is 5.73 Å². The van der Waals surface area contributed by atoms with Crippen LogP contribution in [0.5, 0.6) is 0 Å². The third-order valence-corrected chi connectivity index (χ3v) is 1.94. The Labute approximate surface area is 87.0 Å². The van der Waals surface area contributed by atoms with Crippen molar-refractivity contribution in [1.29, 1.82) is 0 Å². The zero-order valence-corrected chi connectivity index (χ0v) is 8.42. The minimum Gasteiger partial charge on any atom is -0.461 e. The van der Waals surface area contributed by atoms with Crippen LogP contribution in [0, 0.1) is 6.92 Å². The summed E-state index contributed by atoms with van der Waals surface area (Å²) in [5.41, 5.74) is 7.59. The lowest BCUT2D eigenvalue weighted by molar-refractivity contribution is 0.578. The maximum atomic E-state index is 5.52. The van der Waals surface area contributed by atoms with Crippen molar-refractivity contribution in [1.82, 2.24) is 0 Å². The smallest absolute Gasteiger partial charge is 0.134 e. The Kier molecular flexibility index (Phi) is 3.48. The van der Waals surface area contributed by atoms with Gasteiger partial charge in [0, 0.05) is 14.8 Å². The zero-order chi connectivity index (χ0) is 10.6. The SMILES string of the molecule is C=C.Cc1cc2cc(CN)ccc2o1.[HH].[HH]. The van der Waals surface area contributed by atoms with E-state index in [1.54, 1.807) is 0 Å². The summed E-state index contributed by atoms with van der Waals surface area (Å²) in [6.07, 6.45) is 0.